The maximum Gasteiger partial charge on any atom is 0.434 e. The van der Waals surface area contributed by atoms with Crippen molar-refractivity contribution in [1.82, 2.24) is 34.3 Å². The molecule has 6 rings (SSSR count). The van der Waals surface area contributed by atoms with Crippen LogP contribution >= 0.6 is 0 Å². The Balaban J connectivity index is 1.35. The third-order valence-electron chi connectivity index (χ3n) is 6.62. The molecule has 4 aromatic rings. The molecule has 0 radical (unpaired) electrons. The lowest BCUT2D eigenvalue weighted by Gasteiger charge is -2.27. The Bertz CT molecular complexity index is 1560. The highest BCUT2D eigenvalue weighted by atomic mass is 19.4. The number of rotatable bonds is 5. The van der Waals surface area contributed by atoms with Gasteiger partial charge in [-0.25, -0.2) is 24.7 Å². The van der Waals surface area contributed by atoms with Crippen LogP contribution in [0.25, 0.3) is 22.6 Å². The minimum Gasteiger partial charge on any atom is -0.480 e. The van der Waals surface area contributed by atoms with Crippen LogP contribution in [0.2, 0.25) is 0 Å². The number of imidazole rings is 1. The predicted octanol–water partition coefficient (Wildman–Crippen LogP) is 4.13. The highest BCUT2D eigenvalue weighted by Crippen LogP contribution is 2.47. The Morgan fingerprint density at radius 2 is 1.92 bits per heavy atom. The van der Waals surface area contributed by atoms with Gasteiger partial charge in [0.15, 0.2) is 5.69 Å². The standard InChI is InChI=1S/C24H22F3N9O2/c1-34-10-15(24(25,26)27)31-20(34)13-6-7-16(28-8-13)36-9-14-19(33-35(2)21(14)32-23(36)37)17-18(12-4-5-12)29-11-30-22(17)38-3/h6-8,10-12H,4-5,9H2,1-3H3,(H,32,37). The first-order valence-corrected chi connectivity index (χ1v) is 11.8. The number of hydrogen-bond acceptors (Lipinski definition) is 7. The molecule has 1 fully saturated rings. The molecule has 196 valence electrons. The number of nitrogens with zero attached hydrogens (tertiary/aromatic N) is 8. The zero-order valence-electron chi connectivity index (χ0n) is 20.6. The SMILES string of the molecule is COc1ncnc(C2CC2)c1-c1nn(C)c2c1CN(c1ccc(-c3nc(C(F)(F)F)cn3C)cn1)C(=O)N2. The summed E-state index contributed by atoms with van der Waals surface area (Å²) in [7, 11) is 4.75. The topological polar surface area (TPSA) is 116 Å². The second kappa shape index (κ2) is 8.53. The zero-order valence-corrected chi connectivity index (χ0v) is 20.6. The van der Waals surface area contributed by atoms with Gasteiger partial charge < -0.3 is 9.30 Å². The maximum absolute atomic E-state index is 13.1. The molecule has 38 heavy (non-hydrogen) atoms. The number of alkyl halides is 3. The van der Waals surface area contributed by atoms with Crippen LogP contribution in [0.3, 0.4) is 0 Å². The van der Waals surface area contributed by atoms with Crippen molar-refractivity contribution in [3.05, 3.63) is 47.8 Å². The molecule has 4 aromatic heterocycles. The summed E-state index contributed by atoms with van der Waals surface area (Å²) in [5.74, 6) is 1.67. The van der Waals surface area contributed by atoms with Crippen LogP contribution < -0.4 is 15.0 Å². The second-order valence-corrected chi connectivity index (χ2v) is 9.20. The van der Waals surface area contributed by atoms with E-state index in [0.717, 1.165) is 30.3 Å². The fourth-order valence-electron chi connectivity index (χ4n) is 4.63. The number of fused-ring (bicyclic) bond motifs is 1. The van der Waals surface area contributed by atoms with Crippen molar-refractivity contribution >= 4 is 17.7 Å². The molecule has 5 heterocycles. The first-order chi connectivity index (χ1) is 18.2. The van der Waals surface area contributed by atoms with E-state index in [4.69, 9.17) is 4.74 Å². The monoisotopic (exact) mass is 525 g/mol. The third-order valence-corrected chi connectivity index (χ3v) is 6.62. The Morgan fingerprint density at radius 1 is 1.13 bits per heavy atom. The Morgan fingerprint density at radius 3 is 2.55 bits per heavy atom. The lowest BCUT2D eigenvalue weighted by molar-refractivity contribution is -0.140. The fourth-order valence-corrected chi connectivity index (χ4v) is 4.63. The van der Waals surface area contributed by atoms with Gasteiger partial charge in [0.2, 0.25) is 5.88 Å². The summed E-state index contributed by atoms with van der Waals surface area (Å²) < 4.78 is 47.7. The van der Waals surface area contributed by atoms with Gasteiger partial charge in [0.25, 0.3) is 0 Å². The minimum absolute atomic E-state index is 0.111. The summed E-state index contributed by atoms with van der Waals surface area (Å²) in [5, 5.41) is 7.55. The number of aromatic nitrogens is 7. The summed E-state index contributed by atoms with van der Waals surface area (Å²) in [6.07, 6.45) is 1.27. The van der Waals surface area contributed by atoms with Crippen LogP contribution in [0.15, 0.2) is 30.9 Å². The molecule has 2 aliphatic rings. The summed E-state index contributed by atoms with van der Waals surface area (Å²) >= 11 is 0. The van der Waals surface area contributed by atoms with E-state index in [1.165, 1.54) is 36.1 Å². The van der Waals surface area contributed by atoms with Crippen molar-refractivity contribution < 1.29 is 22.7 Å². The van der Waals surface area contributed by atoms with Crippen LogP contribution in [0.1, 0.15) is 35.7 Å². The third kappa shape index (κ3) is 3.92. The number of amides is 2. The maximum atomic E-state index is 13.1. The lowest BCUT2D eigenvalue weighted by Crippen LogP contribution is -2.39. The van der Waals surface area contributed by atoms with E-state index >= 15 is 0 Å². The Hall–Kier alpha value is -4.49. The van der Waals surface area contributed by atoms with Crippen molar-refractivity contribution in [2.45, 2.75) is 31.5 Å². The molecule has 14 heteroatoms. The molecule has 0 saturated heterocycles. The molecule has 11 nitrogen and oxygen atoms in total. The van der Waals surface area contributed by atoms with Gasteiger partial charge in [0.1, 0.15) is 29.5 Å². The van der Waals surface area contributed by atoms with Crippen LogP contribution in [0, 0.1) is 0 Å². The van der Waals surface area contributed by atoms with Gasteiger partial charge in [-0.3, -0.25) is 14.9 Å². The smallest absolute Gasteiger partial charge is 0.434 e. The molecule has 0 aromatic carbocycles. The van der Waals surface area contributed by atoms with Crippen LogP contribution in [0.4, 0.5) is 29.6 Å². The van der Waals surface area contributed by atoms with Crippen molar-refractivity contribution in [1.29, 1.82) is 0 Å². The Labute approximate surface area is 214 Å². The highest BCUT2D eigenvalue weighted by Gasteiger charge is 2.37. The van der Waals surface area contributed by atoms with Crippen molar-refractivity contribution in [2.24, 2.45) is 14.1 Å². The minimum atomic E-state index is -4.56. The second-order valence-electron chi connectivity index (χ2n) is 9.20. The number of halogens is 3. The number of nitrogens with one attached hydrogen (secondary N) is 1. The van der Waals surface area contributed by atoms with Gasteiger partial charge in [0.05, 0.1) is 24.9 Å². The van der Waals surface area contributed by atoms with E-state index in [1.807, 2.05) is 0 Å². The average Bonchev–Trinajstić information content (AvgIpc) is 3.59. The summed E-state index contributed by atoms with van der Waals surface area (Å²) in [4.78, 5) is 31.3. The molecule has 0 atom stereocenters. The summed E-state index contributed by atoms with van der Waals surface area (Å²) in [6.45, 7) is 0.152. The molecule has 0 unspecified atom stereocenters. The van der Waals surface area contributed by atoms with Gasteiger partial charge in [-0.1, -0.05) is 0 Å². The number of hydrogen-bond donors (Lipinski definition) is 1. The molecular weight excluding hydrogens is 503 g/mol. The number of methoxy groups -OCH3 is 1. The quantitative estimate of drug-likeness (QED) is 0.417. The van der Waals surface area contributed by atoms with E-state index < -0.39 is 17.9 Å². The molecule has 2 amide bonds. The first-order valence-electron chi connectivity index (χ1n) is 11.8. The van der Waals surface area contributed by atoms with Crippen molar-refractivity contribution in [3.8, 4) is 28.5 Å². The average molecular weight is 525 g/mol. The highest BCUT2D eigenvalue weighted by molar-refractivity contribution is 6.04. The molecular formula is C24H22F3N9O2. The Kier molecular flexibility index (Phi) is 5.36. The number of carbonyl (C=O) groups is 1. The van der Waals surface area contributed by atoms with Crippen molar-refractivity contribution in [2.75, 3.05) is 17.3 Å². The van der Waals surface area contributed by atoms with E-state index in [1.54, 1.807) is 23.9 Å². The van der Waals surface area contributed by atoms with Crippen LogP contribution in [0.5, 0.6) is 5.88 Å². The summed E-state index contributed by atoms with van der Waals surface area (Å²) in [5.41, 5.74) is 2.30. The molecule has 1 saturated carbocycles. The van der Waals surface area contributed by atoms with Gasteiger partial charge >= 0.3 is 12.2 Å². The van der Waals surface area contributed by atoms with Gasteiger partial charge in [-0.2, -0.15) is 18.3 Å². The number of pyridine rings is 1. The summed E-state index contributed by atoms with van der Waals surface area (Å²) in [6, 6.07) is 2.74. The van der Waals surface area contributed by atoms with E-state index in [-0.39, 0.29) is 12.4 Å². The molecule has 1 N–H and O–H groups in total. The van der Waals surface area contributed by atoms with Gasteiger partial charge in [-0.05, 0) is 25.0 Å². The number of ether oxygens (including phenoxy) is 1. The number of urea groups is 1. The largest absolute Gasteiger partial charge is 0.480 e. The number of aryl methyl sites for hydroxylation is 2. The predicted molar refractivity (Wildman–Crippen MR) is 129 cm³/mol. The van der Waals surface area contributed by atoms with Crippen LogP contribution in [-0.2, 0) is 26.8 Å². The van der Waals surface area contributed by atoms with Crippen molar-refractivity contribution in [3.63, 3.8) is 0 Å². The van der Waals surface area contributed by atoms with E-state index in [0.29, 0.717) is 40.3 Å². The van der Waals surface area contributed by atoms with Crippen LogP contribution in [-0.4, -0.2) is 47.4 Å². The lowest BCUT2D eigenvalue weighted by atomic mass is 10.0. The number of carbonyl (C=O) groups excluding carboxylic acids is 1. The number of anilines is 2. The van der Waals surface area contributed by atoms with Gasteiger partial charge in [0, 0.05) is 43.5 Å². The molecule has 1 aliphatic heterocycles. The molecule has 0 spiro atoms. The zero-order chi connectivity index (χ0) is 26.8. The van der Waals surface area contributed by atoms with E-state index in [2.05, 4.69) is 30.4 Å². The fraction of sp³-hybridized carbons (Fsp3) is 0.333. The van der Waals surface area contributed by atoms with Gasteiger partial charge in [-0.15, -0.1) is 0 Å². The molecule has 0 bridgehead atoms. The first kappa shape index (κ1) is 23.9. The molecule has 1 aliphatic carbocycles. The normalized spacial score (nSPS) is 15.4. The van der Waals surface area contributed by atoms with E-state index in [9.17, 15) is 18.0 Å².